The lowest BCUT2D eigenvalue weighted by Gasteiger charge is -2.17. The van der Waals surface area contributed by atoms with Crippen molar-refractivity contribution < 1.29 is 13.2 Å². The predicted molar refractivity (Wildman–Crippen MR) is 104 cm³/mol. The van der Waals surface area contributed by atoms with Gasteiger partial charge in [-0.3, -0.25) is 0 Å². The van der Waals surface area contributed by atoms with Crippen molar-refractivity contribution >= 4 is 15.8 Å². The largest absolute Gasteiger partial charge is 0.377 e. The van der Waals surface area contributed by atoms with Crippen LogP contribution in [0.4, 0.5) is 0 Å². The molecule has 0 bridgehead atoms. The summed E-state index contributed by atoms with van der Waals surface area (Å²) in [5, 5.41) is 6.47. The highest BCUT2D eigenvalue weighted by Crippen LogP contribution is 2.11. The molecule has 0 fully saturated rings. The van der Waals surface area contributed by atoms with Crippen LogP contribution >= 0.6 is 0 Å². The molecule has 7 heteroatoms. The van der Waals surface area contributed by atoms with Crippen LogP contribution in [0.25, 0.3) is 0 Å². The van der Waals surface area contributed by atoms with E-state index in [1.165, 1.54) is 6.26 Å². The first-order valence-corrected chi connectivity index (χ1v) is 10.8. The molecular weight excluding hydrogens is 338 g/mol. The van der Waals surface area contributed by atoms with Gasteiger partial charge in [0.05, 0.1) is 18.9 Å². The van der Waals surface area contributed by atoms with Gasteiger partial charge < -0.3 is 15.4 Å². The van der Waals surface area contributed by atoms with Crippen LogP contribution in [0.1, 0.15) is 38.3 Å². The first kappa shape index (κ1) is 21.4. The van der Waals surface area contributed by atoms with Crippen molar-refractivity contribution in [2.45, 2.75) is 46.4 Å². The molecule has 1 aromatic carbocycles. The molecule has 1 atom stereocenters. The minimum absolute atomic E-state index is 0.0196. The first-order valence-electron chi connectivity index (χ1n) is 8.72. The zero-order valence-electron chi connectivity index (χ0n) is 15.7. The highest BCUT2D eigenvalue weighted by molar-refractivity contribution is 7.90. The summed E-state index contributed by atoms with van der Waals surface area (Å²) >= 11 is 0. The van der Waals surface area contributed by atoms with Crippen LogP contribution in [-0.4, -0.2) is 45.6 Å². The second kappa shape index (κ2) is 11.1. The summed E-state index contributed by atoms with van der Waals surface area (Å²) in [7, 11) is -2.95. The summed E-state index contributed by atoms with van der Waals surface area (Å²) in [5.41, 5.74) is 2.26. The van der Waals surface area contributed by atoms with Gasteiger partial charge in [0, 0.05) is 25.4 Å². The average molecular weight is 370 g/mol. The molecule has 0 aliphatic carbocycles. The van der Waals surface area contributed by atoms with Crippen molar-refractivity contribution in [1.29, 1.82) is 0 Å². The molecule has 0 aliphatic rings. The smallest absolute Gasteiger partial charge is 0.191 e. The number of hydrogen-bond acceptors (Lipinski definition) is 4. The zero-order valence-corrected chi connectivity index (χ0v) is 16.5. The van der Waals surface area contributed by atoms with E-state index in [1.54, 1.807) is 0 Å². The van der Waals surface area contributed by atoms with Crippen molar-refractivity contribution in [2.24, 2.45) is 4.99 Å². The van der Waals surface area contributed by atoms with Crippen LogP contribution in [0.15, 0.2) is 29.3 Å². The fraction of sp³-hybridized carbons (Fsp3) is 0.611. The third kappa shape index (κ3) is 9.45. The summed E-state index contributed by atoms with van der Waals surface area (Å²) in [6, 6.07) is 8.11. The molecule has 0 saturated heterocycles. The van der Waals surface area contributed by atoms with E-state index in [9.17, 15) is 8.42 Å². The summed E-state index contributed by atoms with van der Waals surface area (Å²) in [6.45, 7) is 8.48. The van der Waals surface area contributed by atoms with Crippen molar-refractivity contribution in [3.63, 3.8) is 0 Å². The van der Waals surface area contributed by atoms with Gasteiger partial charge >= 0.3 is 0 Å². The summed E-state index contributed by atoms with van der Waals surface area (Å²) in [6.07, 6.45) is 1.80. The average Bonchev–Trinajstić information content (AvgIpc) is 2.56. The quantitative estimate of drug-likeness (QED) is 0.488. The molecule has 0 aliphatic heterocycles. The van der Waals surface area contributed by atoms with Gasteiger partial charge in [0.25, 0.3) is 0 Å². The Balaban J connectivity index is 2.72. The van der Waals surface area contributed by atoms with E-state index in [2.05, 4.69) is 27.8 Å². The van der Waals surface area contributed by atoms with Crippen molar-refractivity contribution in [3.8, 4) is 0 Å². The number of benzene rings is 1. The molecule has 25 heavy (non-hydrogen) atoms. The van der Waals surface area contributed by atoms with Gasteiger partial charge in [0.2, 0.25) is 0 Å². The number of hydrogen-bond donors (Lipinski definition) is 2. The van der Waals surface area contributed by atoms with Gasteiger partial charge in [0.1, 0.15) is 9.84 Å². The third-order valence-electron chi connectivity index (χ3n) is 3.64. The van der Waals surface area contributed by atoms with Gasteiger partial charge in [-0.15, -0.1) is 0 Å². The van der Waals surface area contributed by atoms with Gasteiger partial charge in [-0.2, -0.15) is 0 Å². The molecule has 1 aromatic rings. The minimum atomic E-state index is -2.95. The molecule has 0 radical (unpaired) electrons. The topological polar surface area (TPSA) is 79.8 Å². The van der Waals surface area contributed by atoms with Crippen LogP contribution in [0.3, 0.4) is 0 Å². The van der Waals surface area contributed by atoms with E-state index in [-0.39, 0.29) is 11.8 Å². The Bertz CT molecular complexity index is 645. The van der Waals surface area contributed by atoms with E-state index < -0.39 is 9.84 Å². The monoisotopic (exact) mass is 369 g/mol. The van der Waals surface area contributed by atoms with Gasteiger partial charge in [-0.05, 0) is 38.3 Å². The fourth-order valence-corrected chi connectivity index (χ4v) is 3.03. The van der Waals surface area contributed by atoms with E-state index in [0.29, 0.717) is 32.1 Å². The molecule has 1 unspecified atom stereocenters. The van der Waals surface area contributed by atoms with Gasteiger partial charge in [-0.25, -0.2) is 13.4 Å². The zero-order chi connectivity index (χ0) is 18.7. The van der Waals surface area contributed by atoms with Crippen LogP contribution in [0.5, 0.6) is 0 Å². The number of guanidine groups is 1. The second-order valence-corrected chi connectivity index (χ2v) is 8.32. The summed E-state index contributed by atoms with van der Waals surface area (Å²) in [4.78, 5) is 4.63. The molecule has 0 spiro atoms. The minimum Gasteiger partial charge on any atom is -0.377 e. The predicted octanol–water partition coefficient (Wildman–Crippen LogP) is 2.10. The van der Waals surface area contributed by atoms with Crippen LogP contribution < -0.4 is 10.6 Å². The van der Waals surface area contributed by atoms with Crippen LogP contribution in [0, 0.1) is 0 Å². The molecule has 0 amide bonds. The number of nitrogens with zero attached hydrogens (tertiary/aromatic N) is 1. The molecular formula is C18H31N3O3S. The lowest BCUT2D eigenvalue weighted by Crippen LogP contribution is -2.42. The Morgan fingerprint density at radius 2 is 1.92 bits per heavy atom. The number of nitrogens with one attached hydrogen (secondary N) is 2. The Hall–Kier alpha value is -1.60. The molecule has 142 valence electrons. The summed E-state index contributed by atoms with van der Waals surface area (Å²) in [5.74, 6) is 0.854. The number of ether oxygens (including phenoxy) is 1. The lowest BCUT2D eigenvalue weighted by atomic mass is 10.1. The van der Waals surface area contributed by atoms with Gasteiger partial charge in [0.15, 0.2) is 5.96 Å². The first-order chi connectivity index (χ1) is 11.9. The van der Waals surface area contributed by atoms with E-state index in [1.807, 2.05) is 32.9 Å². The SMILES string of the molecule is CCNC(=NCc1ccccc1COCC)NC(C)CCS(C)(=O)=O. The second-order valence-electron chi connectivity index (χ2n) is 6.06. The molecule has 2 N–H and O–H groups in total. The highest BCUT2D eigenvalue weighted by Gasteiger charge is 2.10. The molecule has 0 aromatic heterocycles. The van der Waals surface area contributed by atoms with Crippen LogP contribution in [-0.2, 0) is 27.7 Å². The normalized spacial score (nSPS) is 13.5. The van der Waals surface area contributed by atoms with Crippen molar-refractivity contribution in [1.82, 2.24) is 10.6 Å². The molecule has 0 saturated carbocycles. The third-order valence-corrected chi connectivity index (χ3v) is 4.61. The highest BCUT2D eigenvalue weighted by atomic mass is 32.2. The Morgan fingerprint density at radius 1 is 1.24 bits per heavy atom. The lowest BCUT2D eigenvalue weighted by molar-refractivity contribution is 0.133. The number of rotatable bonds is 10. The van der Waals surface area contributed by atoms with E-state index in [0.717, 1.165) is 17.7 Å². The maximum Gasteiger partial charge on any atom is 0.191 e. The molecule has 0 heterocycles. The fourth-order valence-electron chi connectivity index (χ4n) is 2.25. The van der Waals surface area contributed by atoms with E-state index >= 15 is 0 Å². The van der Waals surface area contributed by atoms with Crippen molar-refractivity contribution in [3.05, 3.63) is 35.4 Å². The van der Waals surface area contributed by atoms with Gasteiger partial charge in [-0.1, -0.05) is 24.3 Å². The van der Waals surface area contributed by atoms with E-state index in [4.69, 9.17) is 4.74 Å². The maximum atomic E-state index is 11.3. The number of aliphatic imine (C=N–C) groups is 1. The van der Waals surface area contributed by atoms with Crippen LogP contribution in [0.2, 0.25) is 0 Å². The Morgan fingerprint density at radius 3 is 2.52 bits per heavy atom. The molecule has 1 rings (SSSR count). The standard InChI is InChI=1S/C18H31N3O3S/c1-5-19-18(21-15(3)11-12-25(4,22)23)20-13-16-9-7-8-10-17(16)14-24-6-2/h7-10,15H,5-6,11-14H2,1-4H3,(H2,19,20,21). The summed E-state index contributed by atoms with van der Waals surface area (Å²) < 4.78 is 28.1. The maximum absolute atomic E-state index is 11.3. The number of sulfone groups is 1. The molecule has 6 nitrogen and oxygen atoms in total. The van der Waals surface area contributed by atoms with Crippen molar-refractivity contribution in [2.75, 3.05) is 25.2 Å². The Labute approximate surface area is 152 Å². The Kier molecular flexibility index (Phi) is 9.52.